The first kappa shape index (κ1) is 37.3. The first-order valence-electron chi connectivity index (χ1n) is 15.4. The predicted molar refractivity (Wildman–Crippen MR) is 177 cm³/mol. The topological polar surface area (TPSA) is 211 Å². The van der Waals surface area contributed by atoms with E-state index in [4.69, 9.17) is 9.47 Å². The van der Waals surface area contributed by atoms with E-state index < -0.39 is 105 Å². The molecule has 3 aromatic rings. The monoisotopic (exact) mass is 668 g/mol. The predicted octanol–water partition coefficient (Wildman–Crippen LogP) is 5.96. The lowest BCUT2D eigenvalue weighted by Gasteiger charge is -2.23. The van der Waals surface area contributed by atoms with Gasteiger partial charge in [-0.25, -0.2) is 0 Å². The minimum Gasteiger partial charge on any atom is -0.507 e. The fourth-order valence-corrected chi connectivity index (χ4v) is 5.69. The summed E-state index contributed by atoms with van der Waals surface area (Å²) in [5.74, 6) is -8.81. The summed E-state index contributed by atoms with van der Waals surface area (Å²) < 4.78 is 10.7. The first-order valence-corrected chi connectivity index (χ1v) is 15.4. The molecule has 0 amide bonds. The number of benzene rings is 3. The average molecular weight is 669 g/mol. The van der Waals surface area contributed by atoms with Crippen LogP contribution in [0.1, 0.15) is 106 Å². The van der Waals surface area contributed by atoms with Gasteiger partial charge >= 0.3 is 0 Å². The summed E-state index contributed by atoms with van der Waals surface area (Å²) in [5.41, 5.74) is -2.34. The van der Waals surface area contributed by atoms with Crippen molar-refractivity contribution in [2.75, 3.05) is 14.2 Å². The van der Waals surface area contributed by atoms with Crippen molar-refractivity contribution in [3.8, 4) is 51.7 Å². The summed E-state index contributed by atoms with van der Waals surface area (Å²) in [6, 6.07) is 0. The molecular weight excluding hydrogens is 624 g/mol. The van der Waals surface area contributed by atoms with E-state index in [1.54, 1.807) is 27.7 Å². The molecule has 0 radical (unpaired) electrons. The molecule has 0 saturated carbocycles. The van der Waals surface area contributed by atoms with E-state index >= 15 is 0 Å². The molecule has 0 aliphatic heterocycles. The number of ether oxygens (including phenoxy) is 2. The van der Waals surface area contributed by atoms with Gasteiger partial charge in [0.25, 0.3) is 0 Å². The third-order valence-electron chi connectivity index (χ3n) is 8.51. The SMILES string of the molecule is COc1c(C)c(O)c(Cc2c(O)c(Cc3c(O)c(C)c(OC)c(C(=O)C(C)C)c3O)c(O)c(C(=O)C(C)C)c2O)c(O)c1C(=O)C(C)C. The minimum absolute atomic E-state index is 0.0736. The van der Waals surface area contributed by atoms with Gasteiger partial charge in [-0.1, -0.05) is 41.5 Å². The van der Waals surface area contributed by atoms with Gasteiger partial charge in [-0.05, 0) is 13.8 Å². The third kappa shape index (κ3) is 6.14. The zero-order chi connectivity index (χ0) is 36.7. The van der Waals surface area contributed by atoms with Crippen molar-refractivity contribution in [3.05, 3.63) is 50.1 Å². The molecule has 0 spiro atoms. The van der Waals surface area contributed by atoms with Gasteiger partial charge < -0.3 is 45.2 Å². The summed E-state index contributed by atoms with van der Waals surface area (Å²) in [6.45, 7) is 12.3. The van der Waals surface area contributed by atoms with Crippen LogP contribution in [0.25, 0.3) is 0 Å². The summed E-state index contributed by atoms with van der Waals surface area (Å²) >= 11 is 0. The normalized spacial score (nSPS) is 11.4. The number of ketones is 3. The van der Waals surface area contributed by atoms with E-state index in [-0.39, 0.29) is 44.9 Å². The standard InChI is InChI=1S/C36H44O12/c1-13(2)25(37)22-31(43)20(11-18-28(40)16(7)35(47-9)23(33(18)45)26(38)14(3)4)30(42)21(32(22)44)12-19-29(41)17(8)36(48-10)24(34(19)46)27(39)15(5)6/h13-15,40-46H,11-12H2,1-10H3. The van der Waals surface area contributed by atoms with Crippen LogP contribution in [0.5, 0.6) is 51.7 Å². The highest BCUT2D eigenvalue weighted by molar-refractivity contribution is 6.05. The fourth-order valence-electron chi connectivity index (χ4n) is 5.69. The van der Waals surface area contributed by atoms with Gasteiger partial charge in [0, 0.05) is 64.0 Å². The third-order valence-corrected chi connectivity index (χ3v) is 8.51. The Bertz CT molecular complexity index is 1700. The van der Waals surface area contributed by atoms with Gasteiger partial charge in [0.05, 0.1) is 14.2 Å². The van der Waals surface area contributed by atoms with Gasteiger partial charge in [-0.3, -0.25) is 14.4 Å². The van der Waals surface area contributed by atoms with Gasteiger partial charge in [-0.15, -0.1) is 0 Å². The smallest absolute Gasteiger partial charge is 0.172 e. The second-order valence-electron chi connectivity index (χ2n) is 12.7. The summed E-state index contributed by atoms with van der Waals surface area (Å²) in [6.07, 6.45) is -1.30. The molecule has 12 heteroatoms. The molecule has 0 atom stereocenters. The first-order chi connectivity index (χ1) is 22.3. The Morgan fingerprint density at radius 2 is 0.708 bits per heavy atom. The molecule has 3 rings (SSSR count). The lowest BCUT2D eigenvalue weighted by molar-refractivity contribution is 0.0925. The lowest BCUT2D eigenvalue weighted by Crippen LogP contribution is -2.14. The Kier molecular flexibility index (Phi) is 10.8. The minimum atomic E-state index is -0.855. The molecule has 0 unspecified atom stereocenters. The zero-order valence-corrected chi connectivity index (χ0v) is 28.8. The van der Waals surface area contributed by atoms with Crippen molar-refractivity contribution in [3.63, 3.8) is 0 Å². The van der Waals surface area contributed by atoms with Crippen LogP contribution >= 0.6 is 0 Å². The van der Waals surface area contributed by atoms with Crippen molar-refractivity contribution in [2.24, 2.45) is 17.8 Å². The lowest BCUT2D eigenvalue weighted by atomic mass is 9.86. The van der Waals surface area contributed by atoms with Crippen molar-refractivity contribution in [1.82, 2.24) is 0 Å². The van der Waals surface area contributed by atoms with Crippen LogP contribution in [0.2, 0.25) is 0 Å². The maximum Gasteiger partial charge on any atom is 0.172 e. The highest BCUT2D eigenvalue weighted by Crippen LogP contribution is 2.51. The molecule has 0 fully saturated rings. The number of phenolic OH excluding ortho intramolecular Hbond substituents is 7. The van der Waals surface area contributed by atoms with E-state index in [2.05, 4.69) is 0 Å². The van der Waals surface area contributed by atoms with Crippen LogP contribution in [0.15, 0.2) is 0 Å². The Labute approximate surface area is 278 Å². The van der Waals surface area contributed by atoms with Crippen LogP contribution in [-0.4, -0.2) is 67.3 Å². The Balaban J connectivity index is 2.46. The highest BCUT2D eigenvalue weighted by Gasteiger charge is 2.35. The molecule has 0 aromatic heterocycles. The average Bonchev–Trinajstić information content (AvgIpc) is 3.02. The van der Waals surface area contributed by atoms with E-state index in [1.807, 2.05) is 0 Å². The van der Waals surface area contributed by atoms with Crippen molar-refractivity contribution < 1.29 is 59.6 Å². The largest absolute Gasteiger partial charge is 0.507 e. The number of carbonyl (C=O) groups excluding carboxylic acids is 3. The maximum absolute atomic E-state index is 13.4. The molecule has 7 N–H and O–H groups in total. The molecule has 0 saturated heterocycles. The highest BCUT2D eigenvalue weighted by atomic mass is 16.5. The number of hydrogen-bond donors (Lipinski definition) is 7. The molecule has 0 aliphatic carbocycles. The Morgan fingerprint density at radius 3 is 0.979 bits per heavy atom. The molecule has 3 aromatic carbocycles. The second-order valence-corrected chi connectivity index (χ2v) is 12.7. The molecule has 0 bridgehead atoms. The number of phenols is 7. The summed E-state index contributed by atoms with van der Waals surface area (Å²) in [7, 11) is 2.52. The number of rotatable bonds is 12. The molecule has 0 heterocycles. The molecule has 12 nitrogen and oxygen atoms in total. The quantitative estimate of drug-likeness (QED) is 0.112. The maximum atomic E-state index is 13.4. The van der Waals surface area contributed by atoms with Crippen LogP contribution in [-0.2, 0) is 12.8 Å². The van der Waals surface area contributed by atoms with Gasteiger partial charge in [0.1, 0.15) is 68.4 Å². The molecule has 48 heavy (non-hydrogen) atoms. The van der Waals surface area contributed by atoms with E-state index in [0.29, 0.717) is 0 Å². The summed E-state index contributed by atoms with van der Waals surface area (Å²) in [5, 5.41) is 79.3. The van der Waals surface area contributed by atoms with E-state index in [0.717, 1.165) is 0 Å². The van der Waals surface area contributed by atoms with Gasteiger partial charge in [-0.2, -0.15) is 0 Å². The van der Waals surface area contributed by atoms with Crippen LogP contribution in [0.3, 0.4) is 0 Å². The summed E-state index contributed by atoms with van der Waals surface area (Å²) in [4.78, 5) is 39.7. The van der Waals surface area contributed by atoms with E-state index in [1.165, 1.54) is 41.9 Å². The number of methoxy groups -OCH3 is 2. The van der Waals surface area contributed by atoms with Crippen LogP contribution in [0, 0.1) is 31.6 Å². The van der Waals surface area contributed by atoms with Gasteiger partial charge in [0.2, 0.25) is 0 Å². The number of aromatic hydroxyl groups is 7. The molecule has 0 aliphatic rings. The fraction of sp³-hybridized carbons (Fsp3) is 0.417. The van der Waals surface area contributed by atoms with Crippen LogP contribution < -0.4 is 9.47 Å². The zero-order valence-electron chi connectivity index (χ0n) is 28.8. The Hall–Kier alpha value is -5.13. The van der Waals surface area contributed by atoms with Crippen molar-refractivity contribution >= 4 is 17.3 Å². The van der Waals surface area contributed by atoms with E-state index in [9.17, 15) is 50.1 Å². The van der Waals surface area contributed by atoms with Crippen LogP contribution in [0.4, 0.5) is 0 Å². The number of carbonyl (C=O) groups is 3. The van der Waals surface area contributed by atoms with Crippen molar-refractivity contribution in [2.45, 2.75) is 68.2 Å². The van der Waals surface area contributed by atoms with Gasteiger partial charge in [0.15, 0.2) is 17.3 Å². The van der Waals surface area contributed by atoms with Crippen molar-refractivity contribution in [1.29, 1.82) is 0 Å². The Morgan fingerprint density at radius 1 is 0.458 bits per heavy atom. The number of hydrogen-bond acceptors (Lipinski definition) is 12. The molecule has 260 valence electrons. The number of Topliss-reactive ketones (excluding diaryl/α,β-unsaturated/α-hetero) is 3. The second kappa shape index (κ2) is 13.9. The molecular formula is C36H44O12.